The number of rotatable bonds is 2. The molecule has 1 aromatic heterocycles. The van der Waals surface area contributed by atoms with Gasteiger partial charge in [-0.1, -0.05) is 39.0 Å². The molecule has 2 aromatic rings. The Bertz CT molecular complexity index is 657. The molecule has 4 nitrogen and oxygen atoms in total. The summed E-state index contributed by atoms with van der Waals surface area (Å²) in [7, 11) is 3.17. The number of nitrogens with zero attached hydrogens (tertiary/aromatic N) is 1. The zero-order chi connectivity index (χ0) is 14.9. The van der Waals surface area contributed by atoms with Crippen LogP contribution in [0.25, 0.3) is 10.9 Å². The van der Waals surface area contributed by atoms with E-state index in [1.807, 2.05) is 12.1 Å². The van der Waals surface area contributed by atoms with Gasteiger partial charge in [-0.3, -0.25) is 4.98 Å². The molecule has 0 amide bonds. The minimum atomic E-state index is -0.384. The fourth-order valence-electron chi connectivity index (χ4n) is 2.36. The van der Waals surface area contributed by atoms with Crippen LogP contribution in [0.15, 0.2) is 24.4 Å². The van der Waals surface area contributed by atoms with E-state index in [1.54, 1.807) is 13.2 Å². The minimum absolute atomic E-state index is 0.00962. The lowest BCUT2D eigenvalue weighted by Gasteiger charge is -2.21. The van der Waals surface area contributed by atoms with Crippen molar-refractivity contribution in [2.24, 2.45) is 0 Å². The number of carbonyl (C=O) groups excluding carboxylic acids is 1. The number of carbonyl (C=O) groups is 1. The number of aromatic nitrogens is 1. The molecule has 0 saturated heterocycles. The van der Waals surface area contributed by atoms with E-state index in [-0.39, 0.29) is 11.4 Å². The van der Waals surface area contributed by atoms with Gasteiger partial charge in [0.15, 0.2) is 0 Å². The molecular formula is C16H20N2O2. The van der Waals surface area contributed by atoms with Crippen molar-refractivity contribution in [1.29, 1.82) is 0 Å². The molecule has 0 fully saturated rings. The first-order valence-electron chi connectivity index (χ1n) is 6.58. The van der Waals surface area contributed by atoms with E-state index < -0.39 is 0 Å². The van der Waals surface area contributed by atoms with Crippen molar-refractivity contribution in [1.82, 2.24) is 4.98 Å². The molecular weight excluding hydrogens is 252 g/mol. The Hall–Kier alpha value is -2.10. The summed E-state index contributed by atoms with van der Waals surface area (Å²) >= 11 is 0. The van der Waals surface area contributed by atoms with Gasteiger partial charge in [0.1, 0.15) is 5.56 Å². The average Bonchev–Trinajstić information content (AvgIpc) is 2.43. The molecule has 0 spiro atoms. The molecule has 0 saturated carbocycles. The second-order valence-electron chi connectivity index (χ2n) is 5.74. The van der Waals surface area contributed by atoms with Gasteiger partial charge in [0.2, 0.25) is 0 Å². The maximum atomic E-state index is 11.8. The highest BCUT2D eigenvalue weighted by molar-refractivity contribution is 6.05. The first-order chi connectivity index (χ1) is 9.40. The van der Waals surface area contributed by atoms with E-state index in [4.69, 9.17) is 4.74 Å². The molecule has 0 atom stereocenters. The van der Waals surface area contributed by atoms with Crippen molar-refractivity contribution in [2.75, 3.05) is 19.5 Å². The quantitative estimate of drug-likeness (QED) is 0.852. The summed E-state index contributed by atoms with van der Waals surface area (Å²) in [6.45, 7) is 6.45. The number of pyridine rings is 1. The normalized spacial score (nSPS) is 11.4. The topological polar surface area (TPSA) is 51.2 Å². The number of hydrogen-bond donors (Lipinski definition) is 1. The fraction of sp³-hybridized carbons (Fsp3) is 0.375. The molecule has 20 heavy (non-hydrogen) atoms. The number of hydrogen-bond acceptors (Lipinski definition) is 4. The predicted octanol–water partition coefficient (Wildman–Crippen LogP) is 3.36. The van der Waals surface area contributed by atoms with Crippen molar-refractivity contribution in [2.45, 2.75) is 26.2 Å². The van der Waals surface area contributed by atoms with Gasteiger partial charge in [-0.2, -0.15) is 0 Å². The standard InChI is InChI=1S/C16H20N2O2/c1-16(2,3)12-8-6-7-10-13(17-4)11(15(19)20-5)9-18-14(10)12/h6-9H,1-5H3,(H,17,18). The van der Waals surface area contributed by atoms with Gasteiger partial charge in [-0.05, 0) is 11.0 Å². The second-order valence-corrected chi connectivity index (χ2v) is 5.74. The zero-order valence-corrected chi connectivity index (χ0v) is 12.6. The van der Waals surface area contributed by atoms with Crippen LogP contribution in [-0.2, 0) is 10.2 Å². The SMILES string of the molecule is CNc1c(C(=O)OC)cnc2c(C(C)(C)C)cccc12. The summed E-state index contributed by atoms with van der Waals surface area (Å²) in [5.74, 6) is -0.384. The van der Waals surface area contributed by atoms with Gasteiger partial charge < -0.3 is 10.1 Å². The Morgan fingerprint density at radius 2 is 2.00 bits per heavy atom. The summed E-state index contributed by atoms with van der Waals surface area (Å²) in [6.07, 6.45) is 1.58. The number of fused-ring (bicyclic) bond motifs is 1. The third-order valence-corrected chi connectivity index (χ3v) is 3.36. The molecule has 106 valence electrons. The van der Waals surface area contributed by atoms with Crippen LogP contribution >= 0.6 is 0 Å². The van der Waals surface area contributed by atoms with E-state index in [0.717, 1.165) is 22.2 Å². The molecule has 0 radical (unpaired) electrons. The highest BCUT2D eigenvalue weighted by Gasteiger charge is 2.21. The van der Waals surface area contributed by atoms with Gasteiger partial charge in [0.25, 0.3) is 0 Å². The average molecular weight is 272 g/mol. The highest BCUT2D eigenvalue weighted by Crippen LogP contribution is 2.33. The van der Waals surface area contributed by atoms with Crippen LogP contribution in [0.1, 0.15) is 36.7 Å². The summed E-state index contributed by atoms with van der Waals surface area (Å²) in [5, 5.41) is 4.02. The second kappa shape index (κ2) is 5.12. The van der Waals surface area contributed by atoms with Crippen molar-refractivity contribution < 1.29 is 9.53 Å². The van der Waals surface area contributed by atoms with Crippen molar-refractivity contribution >= 4 is 22.6 Å². The third kappa shape index (κ3) is 2.33. The molecule has 0 aliphatic rings. The van der Waals surface area contributed by atoms with Gasteiger partial charge in [0.05, 0.1) is 18.3 Å². The van der Waals surface area contributed by atoms with Gasteiger partial charge in [-0.15, -0.1) is 0 Å². The van der Waals surface area contributed by atoms with E-state index in [9.17, 15) is 4.79 Å². The van der Waals surface area contributed by atoms with Crippen LogP contribution in [0.3, 0.4) is 0 Å². The maximum absolute atomic E-state index is 11.8. The zero-order valence-electron chi connectivity index (χ0n) is 12.6. The molecule has 0 unspecified atom stereocenters. The van der Waals surface area contributed by atoms with Crippen LogP contribution in [0.5, 0.6) is 0 Å². The van der Waals surface area contributed by atoms with E-state index in [2.05, 4.69) is 37.1 Å². The number of benzene rings is 1. The number of nitrogens with one attached hydrogen (secondary N) is 1. The number of esters is 1. The third-order valence-electron chi connectivity index (χ3n) is 3.36. The van der Waals surface area contributed by atoms with E-state index in [0.29, 0.717) is 5.56 Å². The molecule has 0 aliphatic carbocycles. The lowest BCUT2D eigenvalue weighted by Crippen LogP contribution is -2.13. The summed E-state index contributed by atoms with van der Waals surface area (Å²) < 4.78 is 4.81. The lowest BCUT2D eigenvalue weighted by molar-refractivity contribution is 0.0601. The predicted molar refractivity (Wildman–Crippen MR) is 81.3 cm³/mol. The molecule has 2 rings (SSSR count). The Morgan fingerprint density at radius 3 is 2.55 bits per heavy atom. The fourth-order valence-corrected chi connectivity index (χ4v) is 2.36. The van der Waals surface area contributed by atoms with Crippen LogP contribution in [0, 0.1) is 0 Å². The van der Waals surface area contributed by atoms with Gasteiger partial charge >= 0.3 is 5.97 Å². The Morgan fingerprint density at radius 1 is 1.30 bits per heavy atom. The largest absolute Gasteiger partial charge is 0.465 e. The Balaban J connectivity index is 2.80. The summed E-state index contributed by atoms with van der Waals surface area (Å²) in [4.78, 5) is 16.3. The first-order valence-corrected chi connectivity index (χ1v) is 6.58. The smallest absolute Gasteiger partial charge is 0.341 e. The summed E-state index contributed by atoms with van der Waals surface area (Å²) in [6, 6.07) is 6.04. The molecule has 4 heteroatoms. The minimum Gasteiger partial charge on any atom is -0.465 e. The monoisotopic (exact) mass is 272 g/mol. The highest BCUT2D eigenvalue weighted by atomic mass is 16.5. The van der Waals surface area contributed by atoms with Gasteiger partial charge in [0, 0.05) is 18.6 Å². The van der Waals surface area contributed by atoms with E-state index in [1.165, 1.54) is 7.11 Å². The maximum Gasteiger partial charge on any atom is 0.341 e. The number of methoxy groups -OCH3 is 1. The Labute approximate surface area is 119 Å². The van der Waals surface area contributed by atoms with Crippen molar-refractivity contribution in [3.8, 4) is 0 Å². The van der Waals surface area contributed by atoms with Crippen LogP contribution in [0.2, 0.25) is 0 Å². The van der Waals surface area contributed by atoms with Crippen LogP contribution < -0.4 is 5.32 Å². The van der Waals surface area contributed by atoms with Crippen molar-refractivity contribution in [3.63, 3.8) is 0 Å². The van der Waals surface area contributed by atoms with E-state index >= 15 is 0 Å². The molecule has 1 N–H and O–H groups in total. The number of ether oxygens (including phenoxy) is 1. The molecule has 0 bridgehead atoms. The number of para-hydroxylation sites is 1. The number of anilines is 1. The van der Waals surface area contributed by atoms with Gasteiger partial charge in [-0.25, -0.2) is 4.79 Å². The molecule has 1 heterocycles. The van der Waals surface area contributed by atoms with Crippen LogP contribution in [0.4, 0.5) is 5.69 Å². The Kier molecular flexibility index (Phi) is 3.66. The van der Waals surface area contributed by atoms with Crippen molar-refractivity contribution in [3.05, 3.63) is 35.5 Å². The molecule has 0 aliphatic heterocycles. The summed E-state index contributed by atoms with van der Waals surface area (Å²) in [5.41, 5.74) is 3.27. The van der Waals surface area contributed by atoms with Crippen LogP contribution in [-0.4, -0.2) is 25.1 Å². The first kappa shape index (κ1) is 14.3. The molecule has 1 aromatic carbocycles. The lowest BCUT2D eigenvalue weighted by atomic mass is 9.85.